The SMILES string of the molecule is CCC1CN(CCNC(=O)c2cccc(C)n2)Cc2cc(OC)ccc2O1. The first-order chi connectivity index (χ1) is 13.1. The minimum absolute atomic E-state index is 0.133. The molecule has 1 aromatic carbocycles. The summed E-state index contributed by atoms with van der Waals surface area (Å²) in [5, 5.41) is 2.96. The van der Waals surface area contributed by atoms with Crippen molar-refractivity contribution in [2.75, 3.05) is 26.7 Å². The van der Waals surface area contributed by atoms with Crippen LogP contribution in [0.1, 0.15) is 35.1 Å². The Labute approximate surface area is 160 Å². The fourth-order valence-corrected chi connectivity index (χ4v) is 3.20. The molecule has 0 saturated heterocycles. The van der Waals surface area contributed by atoms with E-state index < -0.39 is 0 Å². The van der Waals surface area contributed by atoms with Gasteiger partial charge in [0.25, 0.3) is 5.91 Å². The number of carbonyl (C=O) groups is 1. The van der Waals surface area contributed by atoms with Gasteiger partial charge in [0.05, 0.1) is 7.11 Å². The molecule has 1 amide bonds. The van der Waals surface area contributed by atoms with Crippen molar-refractivity contribution in [1.82, 2.24) is 15.2 Å². The molecule has 1 atom stereocenters. The second-order valence-corrected chi connectivity index (χ2v) is 6.78. The molecule has 0 spiro atoms. The van der Waals surface area contributed by atoms with Crippen molar-refractivity contribution in [2.45, 2.75) is 32.9 Å². The molecule has 1 aromatic heterocycles. The van der Waals surface area contributed by atoms with Crippen molar-refractivity contribution in [2.24, 2.45) is 0 Å². The summed E-state index contributed by atoms with van der Waals surface area (Å²) in [5.74, 6) is 1.60. The van der Waals surface area contributed by atoms with E-state index in [4.69, 9.17) is 9.47 Å². The Bertz CT molecular complexity index is 794. The van der Waals surface area contributed by atoms with E-state index >= 15 is 0 Å². The molecular weight excluding hydrogens is 342 g/mol. The number of hydrogen-bond donors (Lipinski definition) is 1. The van der Waals surface area contributed by atoms with Gasteiger partial charge in [-0.3, -0.25) is 9.69 Å². The average Bonchev–Trinajstić information content (AvgIpc) is 2.85. The quantitative estimate of drug-likeness (QED) is 0.848. The van der Waals surface area contributed by atoms with Crippen LogP contribution in [0.3, 0.4) is 0 Å². The van der Waals surface area contributed by atoms with Crippen LogP contribution in [-0.4, -0.2) is 48.6 Å². The van der Waals surface area contributed by atoms with E-state index in [0.29, 0.717) is 12.2 Å². The first-order valence-electron chi connectivity index (χ1n) is 9.36. The van der Waals surface area contributed by atoms with Gasteiger partial charge in [0, 0.05) is 37.4 Å². The van der Waals surface area contributed by atoms with Gasteiger partial charge in [0.1, 0.15) is 23.3 Å². The minimum Gasteiger partial charge on any atom is -0.497 e. The van der Waals surface area contributed by atoms with Crippen molar-refractivity contribution in [3.05, 3.63) is 53.3 Å². The Morgan fingerprint density at radius 1 is 1.37 bits per heavy atom. The van der Waals surface area contributed by atoms with Gasteiger partial charge in [-0.1, -0.05) is 13.0 Å². The fourth-order valence-electron chi connectivity index (χ4n) is 3.20. The Kier molecular flexibility index (Phi) is 6.29. The molecule has 0 aliphatic carbocycles. The second kappa shape index (κ2) is 8.86. The lowest BCUT2D eigenvalue weighted by molar-refractivity contribution is 0.0937. The lowest BCUT2D eigenvalue weighted by Gasteiger charge is -2.23. The normalized spacial score (nSPS) is 16.8. The molecule has 1 aliphatic heterocycles. The number of amides is 1. The summed E-state index contributed by atoms with van der Waals surface area (Å²) in [6.07, 6.45) is 1.07. The third kappa shape index (κ3) is 4.98. The smallest absolute Gasteiger partial charge is 0.269 e. The summed E-state index contributed by atoms with van der Waals surface area (Å²) in [5.41, 5.74) is 2.40. The molecule has 2 aromatic rings. The molecule has 144 valence electrons. The highest BCUT2D eigenvalue weighted by Gasteiger charge is 2.22. The van der Waals surface area contributed by atoms with Gasteiger partial charge in [0.15, 0.2) is 0 Å². The maximum atomic E-state index is 12.3. The van der Waals surface area contributed by atoms with Crippen LogP contribution in [0.2, 0.25) is 0 Å². The number of hydrogen-bond acceptors (Lipinski definition) is 5. The number of methoxy groups -OCH3 is 1. The number of fused-ring (bicyclic) bond motifs is 1. The van der Waals surface area contributed by atoms with Crippen LogP contribution < -0.4 is 14.8 Å². The number of rotatable bonds is 6. The molecule has 1 N–H and O–H groups in total. The topological polar surface area (TPSA) is 63.7 Å². The zero-order chi connectivity index (χ0) is 19.2. The molecule has 2 heterocycles. The van der Waals surface area contributed by atoms with E-state index in [1.54, 1.807) is 13.2 Å². The fraction of sp³-hybridized carbons (Fsp3) is 0.429. The summed E-state index contributed by atoms with van der Waals surface area (Å²) >= 11 is 0. The van der Waals surface area contributed by atoms with Crippen LogP contribution in [0, 0.1) is 6.92 Å². The van der Waals surface area contributed by atoms with Crippen molar-refractivity contribution in [3.8, 4) is 11.5 Å². The average molecular weight is 369 g/mol. The van der Waals surface area contributed by atoms with Crippen molar-refractivity contribution < 1.29 is 14.3 Å². The highest BCUT2D eigenvalue weighted by atomic mass is 16.5. The third-order valence-corrected chi connectivity index (χ3v) is 4.71. The van der Waals surface area contributed by atoms with Crippen LogP contribution in [0.25, 0.3) is 0 Å². The van der Waals surface area contributed by atoms with E-state index in [9.17, 15) is 4.79 Å². The Morgan fingerprint density at radius 2 is 2.22 bits per heavy atom. The Hall–Kier alpha value is -2.60. The maximum absolute atomic E-state index is 12.3. The van der Waals surface area contributed by atoms with E-state index in [1.165, 1.54) is 0 Å². The van der Waals surface area contributed by atoms with Crippen molar-refractivity contribution in [3.63, 3.8) is 0 Å². The monoisotopic (exact) mass is 369 g/mol. The van der Waals surface area contributed by atoms with Gasteiger partial charge in [0.2, 0.25) is 0 Å². The molecular formula is C21H27N3O3. The van der Waals surface area contributed by atoms with Crippen LogP contribution in [0.5, 0.6) is 11.5 Å². The Morgan fingerprint density at radius 3 is 2.96 bits per heavy atom. The van der Waals surface area contributed by atoms with Crippen LogP contribution in [-0.2, 0) is 6.54 Å². The standard InChI is InChI=1S/C21H27N3O3/c1-4-17-14-24(13-16-12-18(26-3)8-9-20(16)27-17)11-10-22-21(25)19-7-5-6-15(2)23-19/h5-9,12,17H,4,10-11,13-14H2,1-3H3,(H,22,25). The highest BCUT2D eigenvalue weighted by molar-refractivity contribution is 5.92. The molecule has 0 radical (unpaired) electrons. The number of carbonyl (C=O) groups excluding carboxylic acids is 1. The van der Waals surface area contributed by atoms with Crippen LogP contribution in [0.15, 0.2) is 36.4 Å². The number of nitrogens with zero attached hydrogens (tertiary/aromatic N) is 2. The summed E-state index contributed by atoms with van der Waals surface area (Å²) < 4.78 is 11.5. The molecule has 27 heavy (non-hydrogen) atoms. The number of ether oxygens (including phenoxy) is 2. The predicted molar refractivity (Wildman–Crippen MR) is 104 cm³/mol. The minimum atomic E-state index is -0.140. The molecule has 0 bridgehead atoms. The van der Waals surface area contributed by atoms with Crippen LogP contribution in [0.4, 0.5) is 0 Å². The number of benzene rings is 1. The second-order valence-electron chi connectivity index (χ2n) is 6.78. The molecule has 0 saturated carbocycles. The zero-order valence-corrected chi connectivity index (χ0v) is 16.2. The summed E-state index contributed by atoms with van der Waals surface area (Å²) in [4.78, 5) is 18.9. The van der Waals surface area contributed by atoms with Crippen molar-refractivity contribution in [1.29, 1.82) is 0 Å². The first kappa shape index (κ1) is 19.2. The number of aryl methyl sites for hydroxylation is 1. The number of nitrogens with one attached hydrogen (secondary N) is 1. The lowest BCUT2D eigenvalue weighted by atomic mass is 10.2. The molecule has 1 unspecified atom stereocenters. The van der Waals surface area contributed by atoms with Gasteiger partial charge in [-0.25, -0.2) is 4.98 Å². The maximum Gasteiger partial charge on any atom is 0.269 e. The Balaban J connectivity index is 1.62. The van der Waals surface area contributed by atoms with E-state index in [-0.39, 0.29) is 12.0 Å². The molecule has 6 heteroatoms. The summed E-state index contributed by atoms with van der Waals surface area (Å²) in [7, 11) is 1.67. The number of aromatic nitrogens is 1. The lowest BCUT2D eigenvalue weighted by Crippen LogP contribution is -2.38. The van der Waals surface area contributed by atoms with E-state index in [2.05, 4.69) is 22.1 Å². The van der Waals surface area contributed by atoms with E-state index in [0.717, 1.165) is 48.8 Å². The van der Waals surface area contributed by atoms with Gasteiger partial charge < -0.3 is 14.8 Å². The van der Waals surface area contributed by atoms with Gasteiger partial charge in [-0.2, -0.15) is 0 Å². The van der Waals surface area contributed by atoms with Crippen molar-refractivity contribution >= 4 is 5.91 Å². The van der Waals surface area contributed by atoms with Crippen LogP contribution >= 0.6 is 0 Å². The van der Waals surface area contributed by atoms with Gasteiger partial charge >= 0.3 is 0 Å². The molecule has 1 aliphatic rings. The first-order valence-corrected chi connectivity index (χ1v) is 9.36. The number of pyridine rings is 1. The third-order valence-electron chi connectivity index (χ3n) is 4.71. The predicted octanol–water partition coefficient (Wildman–Crippen LogP) is 2.80. The van der Waals surface area contributed by atoms with Gasteiger partial charge in [-0.05, 0) is 43.7 Å². The van der Waals surface area contributed by atoms with E-state index in [1.807, 2.05) is 37.3 Å². The summed E-state index contributed by atoms with van der Waals surface area (Å²) in [6.45, 7) is 6.90. The zero-order valence-electron chi connectivity index (χ0n) is 16.2. The molecule has 3 rings (SSSR count). The van der Waals surface area contributed by atoms with Gasteiger partial charge in [-0.15, -0.1) is 0 Å². The molecule has 0 fully saturated rings. The molecule has 6 nitrogen and oxygen atoms in total. The highest BCUT2D eigenvalue weighted by Crippen LogP contribution is 2.29. The largest absolute Gasteiger partial charge is 0.497 e. The summed E-state index contributed by atoms with van der Waals surface area (Å²) in [6, 6.07) is 11.4.